The van der Waals surface area contributed by atoms with Crippen molar-refractivity contribution in [2.75, 3.05) is 27.9 Å². The fourth-order valence-electron chi connectivity index (χ4n) is 2.75. The topological polar surface area (TPSA) is 82.8 Å². The standard InChI is InChI=1S/C21H22N2O5/c1-25-16-6-4-5-15(11-16)20-13-18(23-28-20)21(24)22-10-9-14-7-8-17(26-2)12-19(14)27-3/h4-8,11-13H,9-10H2,1-3H3,(H,22,24). The molecule has 3 aromatic rings. The maximum absolute atomic E-state index is 12.3. The van der Waals surface area contributed by atoms with Gasteiger partial charge in [-0.1, -0.05) is 23.4 Å². The minimum absolute atomic E-state index is 0.222. The van der Waals surface area contributed by atoms with Gasteiger partial charge in [0.15, 0.2) is 11.5 Å². The van der Waals surface area contributed by atoms with Crippen LogP contribution in [0.3, 0.4) is 0 Å². The lowest BCUT2D eigenvalue weighted by Gasteiger charge is -2.10. The molecule has 7 heteroatoms. The van der Waals surface area contributed by atoms with Crippen LogP contribution in [0.5, 0.6) is 17.2 Å². The van der Waals surface area contributed by atoms with Gasteiger partial charge in [-0.3, -0.25) is 4.79 Å². The molecular formula is C21H22N2O5. The summed E-state index contributed by atoms with van der Waals surface area (Å²) in [6.07, 6.45) is 0.611. The number of hydrogen-bond donors (Lipinski definition) is 1. The van der Waals surface area contributed by atoms with E-state index in [4.69, 9.17) is 18.7 Å². The summed E-state index contributed by atoms with van der Waals surface area (Å²) in [6, 6.07) is 14.6. The van der Waals surface area contributed by atoms with E-state index in [0.717, 1.165) is 22.6 Å². The summed E-state index contributed by atoms with van der Waals surface area (Å²) in [7, 11) is 4.80. The molecule has 1 amide bonds. The quantitative estimate of drug-likeness (QED) is 0.643. The van der Waals surface area contributed by atoms with Crippen molar-refractivity contribution in [1.29, 1.82) is 0 Å². The maximum atomic E-state index is 12.3. The van der Waals surface area contributed by atoms with E-state index in [0.29, 0.717) is 24.5 Å². The van der Waals surface area contributed by atoms with E-state index in [1.54, 1.807) is 27.4 Å². The molecule has 7 nitrogen and oxygen atoms in total. The Morgan fingerprint density at radius 3 is 2.54 bits per heavy atom. The monoisotopic (exact) mass is 382 g/mol. The molecule has 0 atom stereocenters. The van der Waals surface area contributed by atoms with Gasteiger partial charge in [-0.25, -0.2) is 0 Å². The lowest BCUT2D eigenvalue weighted by atomic mass is 10.1. The third-order valence-corrected chi connectivity index (χ3v) is 4.27. The molecule has 0 saturated carbocycles. The van der Waals surface area contributed by atoms with Crippen LogP contribution in [0.1, 0.15) is 16.1 Å². The van der Waals surface area contributed by atoms with Crippen molar-refractivity contribution in [3.05, 3.63) is 59.8 Å². The molecular weight excluding hydrogens is 360 g/mol. The van der Waals surface area contributed by atoms with Crippen molar-refractivity contribution in [1.82, 2.24) is 10.5 Å². The molecule has 1 aromatic heterocycles. The van der Waals surface area contributed by atoms with Gasteiger partial charge in [0, 0.05) is 24.2 Å². The molecule has 0 fully saturated rings. The number of hydrogen-bond acceptors (Lipinski definition) is 6. The van der Waals surface area contributed by atoms with E-state index in [2.05, 4.69) is 10.5 Å². The second-order valence-corrected chi connectivity index (χ2v) is 5.99. The van der Waals surface area contributed by atoms with Gasteiger partial charge < -0.3 is 24.1 Å². The van der Waals surface area contributed by atoms with Crippen LogP contribution in [0, 0.1) is 0 Å². The zero-order valence-electron chi connectivity index (χ0n) is 16.0. The molecule has 0 aliphatic rings. The molecule has 0 saturated heterocycles. The summed E-state index contributed by atoms with van der Waals surface area (Å²) >= 11 is 0. The Morgan fingerprint density at radius 2 is 1.79 bits per heavy atom. The van der Waals surface area contributed by atoms with Gasteiger partial charge >= 0.3 is 0 Å². The lowest BCUT2D eigenvalue weighted by Crippen LogP contribution is -2.26. The molecule has 1 N–H and O–H groups in total. The summed E-state index contributed by atoms with van der Waals surface area (Å²) in [4.78, 5) is 12.3. The highest BCUT2D eigenvalue weighted by molar-refractivity contribution is 5.93. The van der Waals surface area contributed by atoms with E-state index < -0.39 is 0 Å². The molecule has 0 radical (unpaired) electrons. The Kier molecular flexibility index (Phi) is 6.16. The van der Waals surface area contributed by atoms with Crippen molar-refractivity contribution in [3.8, 4) is 28.6 Å². The van der Waals surface area contributed by atoms with Gasteiger partial charge in [0.25, 0.3) is 5.91 Å². The van der Waals surface area contributed by atoms with Crippen LogP contribution in [0.2, 0.25) is 0 Å². The number of amides is 1. The highest BCUT2D eigenvalue weighted by atomic mass is 16.5. The van der Waals surface area contributed by atoms with Gasteiger partial charge in [0.2, 0.25) is 0 Å². The van der Waals surface area contributed by atoms with Crippen LogP contribution in [0.4, 0.5) is 0 Å². The molecule has 3 rings (SSSR count). The van der Waals surface area contributed by atoms with Gasteiger partial charge in [-0.05, 0) is 30.2 Å². The highest BCUT2D eigenvalue weighted by Crippen LogP contribution is 2.25. The number of rotatable bonds is 8. The first-order chi connectivity index (χ1) is 13.6. The second kappa shape index (κ2) is 8.94. The van der Waals surface area contributed by atoms with Crippen molar-refractivity contribution in [2.24, 2.45) is 0 Å². The van der Waals surface area contributed by atoms with Crippen LogP contribution >= 0.6 is 0 Å². The third kappa shape index (κ3) is 4.43. The normalized spacial score (nSPS) is 10.4. The number of benzene rings is 2. The number of methoxy groups -OCH3 is 3. The summed E-state index contributed by atoms with van der Waals surface area (Å²) in [5.74, 6) is 2.34. The Balaban J connectivity index is 1.61. The Hall–Kier alpha value is -3.48. The molecule has 146 valence electrons. The summed E-state index contributed by atoms with van der Waals surface area (Å²) < 4.78 is 21.1. The zero-order valence-corrected chi connectivity index (χ0v) is 16.0. The SMILES string of the molecule is COc1cccc(-c2cc(C(=O)NCCc3ccc(OC)cc3OC)no2)c1. The first-order valence-corrected chi connectivity index (χ1v) is 8.75. The zero-order chi connectivity index (χ0) is 19.9. The molecule has 0 bridgehead atoms. The largest absolute Gasteiger partial charge is 0.497 e. The Labute approximate surface area is 163 Å². The number of aromatic nitrogens is 1. The highest BCUT2D eigenvalue weighted by Gasteiger charge is 2.14. The van der Waals surface area contributed by atoms with Gasteiger partial charge in [0.1, 0.15) is 17.2 Å². The van der Waals surface area contributed by atoms with Crippen molar-refractivity contribution in [3.63, 3.8) is 0 Å². The average molecular weight is 382 g/mol. The van der Waals surface area contributed by atoms with E-state index in [1.165, 1.54) is 0 Å². The van der Waals surface area contributed by atoms with Crippen LogP contribution in [0.25, 0.3) is 11.3 Å². The fraction of sp³-hybridized carbons (Fsp3) is 0.238. The average Bonchev–Trinajstić information content (AvgIpc) is 3.24. The summed E-state index contributed by atoms with van der Waals surface area (Å²) in [5.41, 5.74) is 1.98. The van der Waals surface area contributed by atoms with Crippen molar-refractivity contribution < 1.29 is 23.5 Å². The van der Waals surface area contributed by atoms with Crippen LogP contribution < -0.4 is 19.5 Å². The predicted molar refractivity (Wildman–Crippen MR) is 104 cm³/mol. The smallest absolute Gasteiger partial charge is 0.273 e. The van der Waals surface area contributed by atoms with Crippen molar-refractivity contribution in [2.45, 2.75) is 6.42 Å². The molecule has 0 spiro atoms. The third-order valence-electron chi connectivity index (χ3n) is 4.27. The number of nitrogens with zero attached hydrogens (tertiary/aromatic N) is 1. The molecule has 28 heavy (non-hydrogen) atoms. The lowest BCUT2D eigenvalue weighted by molar-refractivity contribution is 0.0945. The van der Waals surface area contributed by atoms with Gasteiger partial charge in [-0.2, -0.15) is 0 Å². The van der Waals surface area contributed by atoms with Gasteiger partial charge in [0.05, 0.1) is 21.3 Å². The van der Waals surface area contributed by atoms with Gasteiger partial charge in [-0.15, -0.1) is 0 Å². The molecule has 0 aliphatic heterocycles. The predicted octanol–water partition coefficient (Wildman–Crippen LogP) is 3.34. The number of ether oxygens (including phenoxy) is 3. The minimum atomic E-state index is -0.301. The van der Waals surface area contributed by atoms with Crippen LogP contribution in [-0.2, 0) is 6.42 Å². The Bertz CT molecular complexity index is 951. The fourth-order valence-corrected chi connectivity index (χ4v) is 2.75. The summed E-state index contributed by atoms with van der Waals surface area (Å²) in [6.45, 7) is 0.433. The second-order valence-electron chi connectivity index (χ2n) is 5.99. The van der Waals surface area contributed by atoms with Crippen molar-refractivity contribution >= 4 is 5.91 Å². The maximum Gasteiger partial charge on any atom is 0.273 e. The van der Waals surface area contributed by atoms with Crippen LogP contribution in [-0.4, -0.2) is 38.9 Å². The first kappa shape index (κ1) is 19.3. The van der Waals surface area contributed by atoms with E-state index >= 15 is 0 Å². The van der Waals surface area contributed by atoms with E-state index in [-0.39, 0.29) is 11.6 Å². The van der Waals surface area contributed by atoms with E-state index in [1.807, 2.05) is 42.5 Å². The van der Waals surface area contributed by atoms with E-state index in [9.17, 15) is 4.79 Å². The Morgan fingerprint density at radius 1 is 1.00 bits per heavy atom. The molecule has 1 heterocycles. The van der Waals surface area contributed by atoms with Crippen LogP contribution in [0.15, 0.2) is 53.1 Å². The first-order valence-electron chi connectivity index (χ1n) is 8.75. The number of carbonyl (C=O) groups is 1. The molecule has 2 aromatic carbocycles. The number of nitrogens with one attached hydrogen (secondary N) is 1. The molecule has 0 aliphatic carbocycles. The molecule has 0 unspecified atom stereocenters. The number of carbonyl (C=O) groups excluding carboxylic acids is 1. The summed E-state index contributed by atoms with van der Waals surface area (Å²) in [5, 5.41) is 6.70. The minimum Gasteiger partial charge on any atom is -0.497 e.